The zero-order chi connectivity index (χ0) is 36.9. The van der Waals surface area contributed by atoms with Crippen molar-refractivity contribution in [2.45, 2.75) is 52.5 Å². The molecule has 51 heavy (non-hydrogen) atoms. The first kappa shape index (κ1) is 36.4. The van der Waals surface area contributed by atoms with E-state index in [1.165, 1.54) is 20.4 Å². The molecule has 0 aliphatic carbocycles. The van der Waals surface area contributed by atoms with Crippen LogP contribution >= 0.6 is 0 Å². The Labute approximate surface area is 297 Å². The standard InChI is InChI=1S/C38H44N6O7/c1-8-25-22-43(17-18-44(25)23(2)45)35(46)32-21-26(15-16-39-32)51-33-14-13-29(27-11-9-10-12-28(27)33)40-36(47)41-30-19-24(38(3,4)5)20-31(34(30)49-6)42-37(48)50-7/h9-16,19-21,25H,8,17-18,22H2,1-7H3,(H,42,48)(H2,40,41,47). The number of rotatable bonds is 8. The quantitative estimate of drug-likeness (QED) is 0.174. The molecule has 3 N–H and O–H groups in total. The molecule has 4 aromatic rings. The molecule has 1 aliphatic rings. The van der Waals surface area contributed by atoms with Gasteiger partial charge in [-0.1, -0.05) is 52.0 Å². The number of amides is 5. The molecule has 1 unspecified atom stereocenters. The van der Waals surface area contributed by atoms with Crippen LogP contribution in [0.3, 0.4) is 0 Å². The molecule has 5 rings (SSSR count). The average molecular weight is 697 g/mol. The lowest BCUT2D eigenvalue weighted by Gasteiger charge is -2.40. The van der Waals surface area contributed by atoms with Gasteiger partial charge >= 0.3 is 12.1 Å². The molecule has 268 valence electrons. The molecular weight excluding hydrogens is 652 g/mol. The second-order valence-electron chi connectivity index (χ2n) is 13.2. The summed E-state index contributed by atoms with van der Waals surface area (Å²) in [6.07, 6.45) is 1.60. The van der Waals surface area contributed by atoms with Gasteiger partial charge in [0.2, 0.25) is 5.91 Å². The summed E-state index contributed by atoms with van der Waals surface area (Å²) in [4.78, 5) is 58.9. The number of ether oxygens (including phenoxy) is 3. The molecule has 2 heterocycles. The minimum absolute atomic E-state index is 0.00580. The molecule has 0 bridgehead atoms. The van der Waals surface area contributed by atoms with E-state index in [0.29, 0.717) is 53.6 Å². The SMILES string of the molecule is CCC1CN(C(=O)c2cc(Oc3ccc(NC(=O)Nc4cc(C(C)(C)C)cc(NC(=O)OC)c4OC)c4ccccc34)ccn2)CCN1C(C)=O. The Bertz CT molecular complexity index is 1960. The maximum absolute atomic E-state index is 13.5. The van der Waals surface area contributed by atoms with E-state index < -0.39 is 12.1 Å². The Kier molecular flexibility index (Phi) is 11.0. The molecule has 1 saturated heterocycles. The third-order valence-electron chi connectivity index (χ3n) is 8.79. The van der Waals surface area contributed by atoms with Gasteiger partial charge in [-0.3, -0.25) is 19.9 Å². The van der Waals surface area contributed by atoms with Crippen LogP contribution in [0.4, 0.5) is 26.7 Å². The van der Waals surface area contributed by atoms with Gasteiger partial charge in [0.1, 0.15) is 17.2 Å². The number of nitrogens with one attached hydrogen (secondary N) is 3. The number of fused-ring (bicyclic) bond motifs is 1. The average Bonchev–Trinajstić information content (AvgIpc) is 3.11. The van der Waals surface area contributed by atoms with Gasteiger partial charge in [0, 0.05) is 55.6 Å². The fourth-order valence-electron chi connectivity index (χ4n) is 6.06. The number of hydrogen-bond donors (Lipinski definition) is 3. The molecule has 0 radical (unpaired) electrons. The Morgan fingerprint density at radius 1 is 0.882 bits per heavy atom. The predicted octanol–water partition coefficient (Wildman–Crippen LogP) is 7.24. The van der Waals surface area contributed by atoms with E-state index in [2.05, 4.69) is 20.9 Å². The number of methoxy groups -OCH3 is 2. The number of nitrogens with zero attached hydrogens (tertiary/aromatic N) is 3. The molecule has 1 fully saturated rings. The number of hydrogen-bond acceptors (Lipinski definition) is 8. The predicted molar refractivity (Wildman–Crippen MR) is 196 cm³/mol. The van der Waals surface area contributed by atoms with Crippen molar-refractivity contribution in [3.8, 4) is 17.2 Å². The summed E-state index contributed by atoms with van der Waals surface area (Å²) in [7, 11) is 2.71. The highest BCUT2D eigenvalue weighted by Crippen LogP contribution is 2.39. The minimum atomic E-state index is -0.674. The highest BCUT2D eigenvalue weighted by atomic mass is 16.5. The number of piperazine rings is 1. The summed E-state index contributed by atoms with van der Waals surface area (Å²) in [5.41, 5.74) is 2.00. The van der Waals surface area contributed by atoms with Crippen molar-refractivity contribution in [3.63, 3.8) is 0 Å². The number of carbonyl (C=O) groups is 4. The van der Waals surface area contributed by atoms with E-state index in [9.17, 15) is 19.2 Å². The molecular formula is C38H44N6O7. The smallest absolute Gasteiger partial charge is 0.411 e. The largest absolute Gasteiger partial charge is 0.492 e. The summed E-state index contributed by atoms with van der Waals surface area (Å²) in [6, 6.07) is 17.2. The van der Waals surface area contributed by atoms with Gasteiger partial charge in [-0.05, 0) is 47.7 Å². The fraction of sp³-hybridized carbons (Fsp3) is 0.342. The third-order valence-corrected chi connectivity index (χ3v) is 8.79. The number of carbonyl (C=O) groups excluding carboxylic acids is 4. The first-order valence-electron chi connectivity index (χ1n) is 16.7. The van der Waals surface area contributed by atoms with Gasteiger partial charge in [-0.15, -0.1) is 0 Å². The zero-order valence-corrected chi connectivity index (χ0v) is 30.0. The van der Waals surface area contributed by atoms with Crippen LogP contribution in [-0.4, -0.2) is 78.6 Å². The maximum Gasteiger partial charge on any atom is 0.411 e. The Morgan fingerprint density at radius 2 is 1.57 bits per heavy atom. The van der Waals surface area contributed by atoms with Crippen LogP contribution in [0.1, 0.15) is 57.1 Å². The third kappa shape index (κ3) is 8.31. The topological polar surface area (TPSA) is 151 Å². The number of anilines is 3. The Morgan fingerprint density at radius 3 is 2.22 bits per heavy atom. The molecule has 1 atom stereocenters. The lowest BCUT2D eigenvalue weighted by Crippen LogP contribution is -2.55. The lowest BCUT2D eigenvalue weighted by atomic mass is 9.86. The van der Waals surface area contributed by atoms with Gasteiger partial charge in [0.25, 0.3) is 5.91 Å². The second kappa shape index (κ2) is 15.4. The van der Waals surface area contributed by atoms with Gasteiger partial charge in [-0.2, -0.15) is 0 Å². The molecule has 0 spiro atoms. The van der Waals surface area contributed by atoms with Crippen LogP contribution in [0.5, 0.6) is 17.2 Å². The van der Waals surface area contributed by atoms with Crippen LogP contribution in [0.2, 0.25) is 0 Å². The normalized spacial score (nSPS) is 14.5. The van der Waals surface area contributed by atoms with Crippen molar-refractivity contribution in [1.82, 2.24) is 14.8 Å². The summed E-state index contributed by atoms with van der Waals surface area (Å²) < 4.78 is 16.7. The van der Waals surface area contributed by atoms with Gasteiger partial charge < -0.3 is 34.6 Å². The number of urea groups is 1. The van der Waals surface area contributed by atoms with Crippen LogP contribution in [0.15, 0.2) is 66.9 Å². The van der Waals surface area contributed by atoms with Crippen LogP contribution in [0, 0.1) is 0 Å². The van der Waals surface area contributed by atoms with Gasteiger partial charge in [0.05, 0.1) is 31.3 Å². The second-order valence-corrected chi connectivity index (χ2v) is 13.2. The molecule has 13 heteroatoms. The molecule has 13 nitrogen and oxygen atoms in total. The van der Waals surface area contributed by atoms with Crippen LogP contribution < -0.4 is 25.4 Å². The van der Waals surface area contributed by atoms with Crippen molar-refractivity contribution in [1.29, 1.82) is 0 Å². The number of aromatic nitrogens is 1. The molecule has 5 amide bonds. The first-order valence-corrected chi connectivity index (χ1v) is 16.7. The van der Waals surface area contributed by atoms with Crippen molar-refractivity contribution >= 4 is 51.8 Å². The molecule has 1 aromatic heterocycles. The maximum atomic E-state index is 13.5. The van der Waals surface area contributed by atoms with Crippen molar-refractivity contribution in [3.05, 3.63) is 78.1 Å². The highest BCUT2D eigenvalue weighted by Gasteiger charge is 2.31. The Balaban J connectivity index is 1.36. The zero-order valence-electron chi connectivity index (χ0n) is 30.0. The minimum Gasteiger partial charge on any atom is -0.492 e. The molecule has 3 aromatic carbocycles. The Hall–Kier alpha value is -5.85. The lowest BCUT2D eigenvalue weighted by molar-refractivity contribution is -0.133. The van der Waals surface area contributed by atoms with Crippen LogP contribution in [0.25, 0.3) is 10.8 Å². The fourth-order valence-corrected chi connectivity index (χ4v) is 6.06. The van der Waals surface area contributed by atoms with Crippen molar-refractivity contribution < 1.29 is 33.4 Å². The summed E-state index contributed by atoms with van der Waals surface area (Å²) in [6.45, 7) is 10.9. The van der Waals surface area contributed by atoms with Crippen molar-refractivity contribution in [2.75, 3.05) is 49.8 Å². The monoisotopic (exact) mass is 696 g/mol. The number of benzene rings is 3. The van der Waals surface area contributed by atoms with E-state index >= 15 is 0 Å². The van der Waals surface area contributed by atoms with E-state index in [4.69, 9.17) is 14.2 Å². The van der Waals surface area contributed by atoms with E-state index in [-0.39, 0.29) is 34.7 Å². The summed E-state index contributed by atoms with van der Waals surface area (Å²) in [5, 5.41) is 9.90. The van der Waals surface area contributed by atoms with E-state index in [0.717, 1.165) is 17.4 Å². The summed E-state index contributed by atoms with van der Waals surface area (Å²) >= 11 is 0. The first-order chi connectivity index (χ1) is 24.3. The highest BCUT2D eigenvalue weighted by molar-refractivity contribution is 6.08. The van der Waals surface area contributed by atoms with Crippen LogP contribution in [-0.2, 0) is 14.9 Å². The van der Waals surface area contributed by atoms with E-state index in [1.807, 2.05) is 56.9 Å². The van der Waals surface area contributed by atoms with Gasteiger partial charge in [0.15, 0.2) is 5.75 Å². The molecule has 1 aliphatic heterocycles. The van der Waals surface area contributed by atoms with Crippen molar-refractivity contribution in [2.24, 2.45) is 0 Å². The van der Waals surface area contributed by atoms with E-state index in [1.54, 1.807) is 48.2 Å². The summed E-state index contributed by atoms with van der Waals surface area (Å²) in [5.74, 6) is 0.978. The molecule has 0 saturated carbocycles. The number of pyridine rings is 1. The van der Waals surface area contributed by atoms with Gasteiger partial charge in [-0.25, -0.2) is 9.59 Å².